The molecule has 1 nitrogen and oxygen atoms in total. The third-order valence-corrected chi connectivity index (χ3v) is 4.52. The maximum absolute atomic E-state index is 6.28. The van der Waals surface area contributed by atoms with Crippen molar-refractivity contribution < 1.29 is 0 Å². The molecule has 1 heterocycles. The molecule has 0 spiro atoms. The van der Waals surface area contributed by atoms with Crippen LogP contribution in [0.25, 0.3) is 0 Å². The third kappa shape index (κ3) is 2.63. The summed E-state index contributed by atoms with van der Waals surface area (Å²) in [6.45, 7) is 5.77. The molecule has 1 unspecified atom stereocenters. The lowest BCUT2D eigenvalue weighted by atomic mass is 10.0. The van der Waals surface area contributed by atoms with Gasteiger partial charge >= 0.3 is 0 Å². The molecular weight excluding hydrogens is 298 g/mol. The summed E-state index contributed by atoms with van der Waals surface area (Å²) < 4.78 is 0. The molecule has 94 valence electrons. The van der Waals surface area contributed by atoms with Gasteiger partial charge in [0.15, 0.2) is 0 Å². The Kier molecular flexibility index (Phi) is 4.37. The van der Waals surface area contributed by atoms with Crippen LogP contribution in [0.4, 0.5) is 5.69 Å². The zero-order valence-corrected chi connectivity index (χ0v) is 12.8. The molecule has 0 N–H and O–H groups in total. The van der Waals surface area contributed by atoms with Gasteiger partial charge in [-0.1, -0.05) is 47.4 Å². The third-order valence-electron chi connectivity index (χ3n) is 3.61. The average Bonchev–Trinajstić information content (AvgIpc) is 2.77. The second kappa shape index (κ2) is 5.62. The van der Waals surface area contributed by atoms with Gasteiger partial charge in [-0.2, -0.15) is 0 Å². The van der Waals surface area contributed by atoms with Gasteiger partial charge in [-0.25, -0.2) is 0 Å². The predicted octanol–water partition coefficient (Wildman–Crippen LogP) is 4.86. The Hall–Kier alpha value is -0.210. The van der Waals surface area contributed by atoms with Crippen molar-refractivity contribution >= 4 is 33.2 Å². The van der Waals surface area contributed by atoms with Gasteiger partial charge in [-0.3, -0.25) is 0 Å². The number of alkyl halides is 1. The van der Waals surface area contributed by atoms with Crippen LogP contribution >= 0.6 is 27.5 Å². The molecule has 3 heteroatoms. The quantitative estimate of drug-likeness (QED) is 0.720. The number of halogens is 2. The highest BCUT2D eigenvalue weighted by atomic mass is 79.9. The lowest BCUT2D eigenvalue weighted by Crippen LogP contribution is -2.33. The van der Waals surface area contributed by atoms with E-state index in [1.807, 2.05) is 6.07 Å². The molecule has 1 fully saturated rings. The normalized spacial score (nSPS) is 20.3. The predicted molar refractivity (Wildman–Crippen MR) is 79.3 cm³/mol. The second-order valence-electron chi connectivity index (χ2n) is 5.02. The minimum Gasteiger partial charge on any atom is -0.368 e. The Morgan fingerprint density at radius 2 is 2.24 bits per heavy atom. The van der Waals surface area contributed by atoms with E-state index in [4.69, 9.17) is 11.6 Å². The lowest BCUT2D eigenvalue weighted by Gasteiger charge is -2.31. The summed E-state index contributed by atoms with van der Waals surface area (Å²) in [5, 5.41) is 1.69. The first-order valence-corrected chi connectivity index (χ1v) is 7.75. The minimum atomic E-state index is 0.659. The molecule has 1 aromatic rings. The SMILES string of the molecule is CC(C)C1CCCN1c1cccc(Cl)c1CBr. The molecular formula is C14H19BrClN. The van der Waals surface area contributed by atoms with E-state index in [2.05, 4.69) is 46.8 Å². The Bertz CT molecular complexity index is 392. The molecule has 1 aromatic carbocycles. The van der Waals surface area contributed by atoms with E-state index in [1.54, 1.807) is 0 Å². The number of anilines is 1. The first kappa shape index (κ1) is 13.2. The van der Waals surface area contributed by atoms with Crippen molar-refractivity contribution in [1.29, 1.82) is 0 Å². The molecule has 1 atom stereocenters. The highest BCUT2D eigenvalue weighted by Crippen LogP contribution is 2.35. The zero-order chi connectivity index (χ0) is 12.4. The van der Waals surface area contributed by atoms with Gasteiger partial charge in [-0.05, 0) is 30.9 Å². The van der Waals surface area contributed by atoms with Crippen LogP contribution in [0.15, 0.2) is 18.2 Å². The second-order valence-corrected chi connectivity index (χ2v) is 5.99. The number of hydrogen-bond donors (Lipinski definition) is 0. The van der Waals surface area contributed by atoms with E-state index in [0.717, 1.165) is 16.9 Å². The minimum absolute atomic E-state index is 0.659. The van der Waals surface area contributed by atoms with Crippen molar-refractivity contribution in [3.63, 3.8) is 0 Å². The number of rotatable bonds is 3. The first-order valence-electron chi connectivity index (χ1n) is 6.25. The van der Waals surface area contributed by atoms with E-state index in [-0.39, 0.29) is 0 Å². The van der Waals surface area contributed by atoms with E-state index in [1.165, 1.54) is 24.1 Å². The van der Waals surface area contributed by atoms with Crippen LogP contribution in [-0.2, 0) is 5.33 Å². The lowest BCUT2D eigenvalue weighted by molar-refractivity contribution is 0.491. The maximum Gasteiger partial charge on any atom is 0.0467 e. The van der Waals surface area contributed by atoms with Gasteiger partial charge in [0, 0.05) is 34.2 Å². The first-order chi connectivity index (χ1) is 8.15. The molecule has 0 aromatic heterocycles. The molecule has 0 aliphatic carbocycles. The topological polar surface area (TPSA) is 3.24 Å². The zero-order valence-electron chi connectivity index (χ0n) is 10.4. The summed E-state index contributed by atoms with van der Waals surface area (Å²) in [6.07, 6.45) is 2.59. The Balaban J connectivity index is 2.36. The Morgan fingerprint density at radius 3 is 2.88 bits per heavy atom. The van der Waals surface area contributed by atoms with Gasteiger partial charge in [0.1, 0.15) is 0 Å². The number of hydrogen-bond acceptors (Lipinski definition) is 1. The molecule has 0 bridgehead atoms. The largest absolute Gasteiger partial charge is 0.368 e. The van der Waals surface area contributed by atoms with Crippen LogP contribution in [0.1, 0.15) is 32.3 Å². The van der Waals surface area contributed by atoms with Gasteiger partial charge in [0.25, 0.3) is 0 Å². The summed E-state index contributed by atoms with van der Waals surface area (Å²) in [5.41, 5.74) is 2.53. The molecule has 1 aliphatic heterocycles. The van der Waals surface area contributed by atoms with Crippen LogP contribution in [0, 0.1) is 5.92 Å². The fourth-order valence-corrected chi connectivity index (χ4v) is 3.72. The Labute approximate surface area is 117 Å². The highest BCUT2D eigenvalue weighted by Gasteiger charge is 2.28. The monoisotopic (exact) mass is 315 g/mol. The molecule has 1 saturated heterocycles. The van der Waals surface area contributed by atoms with Crippen molar-refractivity contribution in [2.75, 3.05) is 11.4 Å². The van der Waals surface area contributed by atoms with E-state index < -0.39 is 0 Å². The summed E-state index contributed by atoms with van der Waals surface area (Å²) in [5.74, 6) is 0.694. The van der Waals surface area contributed by atoms with Gasteiger partial charge in [0.05, 0.1) is 0 Å². The van der Waals surface area contributed by atoms with Gasteiger partial charge in [-0.15, -0.1) is 0 Å². The van der Waals surface area contributed by atoms with Crippen molar-refractivity contribution in [2.24, 2.45) is 5.92 Å². The van der Waals surface area contributed by atoms with Gasteiger partial charge in [0.2, 0.25) is 0 Å². The van der Waals surface area contributed by atoms with Crippen molar-refractivity contribution in [2.45, 2.75) is 38.1 Å². The molecule has 1 aliphatic rings. The van der Waals surface area contributed by atoms with Crippen molar-refractivity contribution in [3.05, 3.63) is 28.8 Å². The van der Waals surface area contributed by atoms with Crippen LogP contribution < -0.4 is 4.90 Å². The fraction of sp³-hybridized carbons (Fsp3) is 0.571. The van der Waals surface area contributed by atoms with Crippen molar-refractivity contribution in [1.82, 2.24) is 0 Å². The molecule has 0 radical (unpaired) electrons. The summed E-state index contributed by atoms with van der Waals surface area (Å²) in [7, 11) is 0. The average molecular weight is 317 g/mol. The Morgan fingerprint density at radius 1 is 1.47 bits per heavy atom. The number of nitrogens with zero attached hydrogens (tertiary/aromatic N) is 1. The molecule has 2 rings (SSSR count). The summed E-state index contributed by atoms with van der Waals surface area (Å²) in [6, 6.07) is 6.89. The van der Waals surface area contributed by atoms with Gasteiger partial charge < -0.3 is 4.90 Å². The smallest absolute Gasteiger partial charge is 0.0467 e. The van der Waals surface area contributed by atoms with E-state index >= 15 is 0 Å². The summed E-state index contributed by atoms with van der Waals surface area (Å²) >= 11 is 9.83. The van der Waals surface area contributed by atoms with Crippen LogP contribution in [0.2, 0.25) is 5.02 Å². The highest BCUT2D eigenvalue weighted by molar-refractivity contribution is 9.08. The van der Waals surface area contributed by atoms with Crippen LogP contribution in [-0.4, -0.2) is 12.6 Å². The fourth-order valence-electron chi connectivity index (χ4n) is 2.73. The molecule has 0 saturated carbocycles. The number of benzene rings is 1. The van der Waals surface area contributed by atoms with E-state index in [9.17, 15) is 0 Å². The standard InChI is InChI=1S/C14H19BrClN/c1-10(2)13-7-4-8-17(13)14-6-3-5-12(16)11(14)9-15/h3,5-6,10,13H,4,7-9H2,1-2H3. The summed E-state index contributed by atoms with van der Waals surface area (Å²) in [4.78, 5) is 2.53. The van der Waals surface area contributed by atoms with Crippen LogP contribution in [0.5, 0.6) is 0 Å². The van der Waals surface area contributed by atoms with Crippen molar-refractivity contribution in [3.8, 4) is 0 Å². The maximum atomic E-state index is 6.28. The van der Waals surface area contributed by atoms with E-state index in [0.29, 0.717) is 12.0 Å². The van der Waals surface area contributed by atoms with Crippen LogP contribution in [0.3, 0.4) is 0 Å². The molecule has 0 amide bonds. The molecule has 17 heavy (non-hydrogen) atoms.